The van der Waals surface area contributed by atoms with Crippen molar-refractivity contribution in [2.24, 2.45) is 11.3 Å². The highest BCUT2D eigenvalue weighted by molar-refractivity contribution is 4.95. The first-order valence-electron chi connectivity index (χ1n) is 8.70. The van der Waals surface area contributed by atoms with Crippen molar-refractivity contribution >= 4 is 0 Å². The molecule has 2 saturated carbocycles. The highest BCUT2D eigenvalue weighted by Crippen LogP contribution is 2.40. The molecule has 116 valence electrons. The summed E-state index contributed by atoms with van der Waals surface area (Å²) < 4.78 is 0. The van der Waals surface area contributed by atoms with Crippen molar-refractivity contribution in [2.45, 2.75) is 57.5 Å². The molecule has 3 fully saturated rings. The van der Waals surface area contributed by atoms with Crippen LogP contribution in [-0.2, 0) is 0 Å². The van der Waals surface area contributed by atoms with Crippen molar-refractivity contribution < 1.29 is 0 Å². The fourth-order valence-electron chi connectivity index (χ4n) is 4.49. The Bertz CT molecular complexity index is 318. The van der Waals surface area contributed by atoms with Gasteiger partial charge in [-0.2, -0.15) is 0 Å². The van der Waals surface area contributed by atoms with E-state index in [1.54, 1.807) is 0 Å². The number of hydrogen-bond acceptors (Lipinski definition) is 3. The van der Waals surface area contributed by atoms with Crippen LogP contribution in [0.15, 0.2) is 0 Å². The van der Waals surface area contributed by atoms with Crippen LogP contribution in [-0.4, -0.2) is 62.2 Å². The summed E-state index contributed by atoms with van der Waals surface area (Å²) >= 11 is 0. The van der Waals surface area contributed by atoms with Crippen molar-refractivity contribution in [1.82, 2.24) is 15.1 Å². The number of hydrogen-bond donors (Lipinski definition) is 1. The van der Waals surface area contributed by atoms with Gasteiger partial charge in [0.25, 0.3) is 0 Å². The molecule has 1 heterocycles. The van der Waals surface area contributed by atoms with E-state index >= 15 is 0 Å². The molecule has 0 amide bonds. The molecule has 2 unspecified atom stereocenters. The van der Waals surface area contributed by atoms with Gasteiger partial charge in [0.15, 0.2) is 0 Å². The first-order chi connectivity index (χ1) is 9.58. The van der Waals surface area contributed by atoms with Crippen molar-refractivity contribution in [3.05, 3.63) is 0 Å². The second-order valence-corrected chi connectivity index (χ2v) is 8.06. The SMILES string of the molecule is CC1CN(CC2(CNC3CC3)CCCC2)CC1N(C)C. The Morgan fingerprint density at radius 2 is 1.85 bits per heavy atom. The lowest BCUT2D eigenvalue weighted by atomic mass is 9.85. The average molecular weight is 279 g/mol. The lowest BCUT2D eigenvalue weighted by Gasteiger charge is -2.34. The predicted octanol–water partition coefficient (Wildman–Crippen LogP) is 2.18. The third-order valence-corrected chi connectivity index (χ3v) is 5.88. The van der Waals surface area contributed by atoms with Crippen LogP contribution in [0.25, 0.3) is 0 Å². The maximum Gasteiger partial charge on any atom is 0.0254 e. The van der Waals surface area contributed by atoms with E-state index in [1.807, 2.05) is 0 Å². The summed E-state index contributed by atoms with van der Waals surface area (Å²) in [5.41, 5.74) is 0.587. The summed E-state index contributed by atoms with van der Waals surface area (Å²) in [6.07, 6.45) is 8.63. The van der Waals surface area contributed by atoms with Crippen LogP contribution in [0.4, 0.5) is 0 Å². The molecule has 1 saturated heterocycles. The van der Waals surface area contributed by atoms with Gasteiger partial charge in [-0.15, -0.1) is 0 Å². The van der Waals surface area contributed by atoms with Gasteiger partial charge in [0.05, 0.1) is 0 Å². The minimum absolute atomic E-state index is 0.587. The number of likely N-dealkylation sites (N-methyl/N-ethyl adjacent to an activating group) is 1. The Morgan fingerprint density at radius 1 is 1.15 bits per heavy atom. The minimum atomic E-state index is 0.587. The molecular formula is C17H33N3. The summed E-state index contributed by atoms with van der Waals surface area (Å²) in [6.45, 7) is 7.61. The van der Waals surface area contributed by atoms with Gasteiger partial charge in [-0.1, -0.05) is 19.8 Å². The Morgan fingerprint density at radius 3 is 2.40 bits per heavy atom. The molecule has 0 aromatic heterocycles. The number of likely N-dealkylation sites (tertiary alicyclic amines) is 1. The molecule has 2 aliphatic carbocycles. The monoisotopic (exact) mass is 279 g/mol. The molecule has 1 N–H and O–H groups in total. The van der Waals surface area contributed by atoms with E-state index in [0.29, 0.717) is 5.41 Å². The molecule has 2 atom stereocenters. The number of nitrogens with one attached hydrogen (secondary N) is 1. The summed E-state index contributed by atoms with van der Waals surface area (Å²) in [4.78, 5) is 5.18. The van der Waals surface area contributed by atoms with E-state index in [9.17, 15) is 0 Å². The molecule has 0 aromatic carbocycles. The minimum Gasteiger partial charge on any atom is -0.313 e. The molecule has 20 heavy (non-hydrogen) atoms. The molecule has 3 aliphatic rings. The third-order valence-electron chi connectivity index (χ3n) is 5.88. The van der Waals surface area contributed by atoms with Crippen molar-refractivity contribution in [3.8, 4) is 0 Å². The van der Waals surface area contributed by atoms with E-state index in [2.05, 4.69) is 36.1 Å². The molecule has 0 radical (unpaired) electrons. The molecule has 0 spiro atoms. The van der Waals surface area contributed by atoms with Gasteiger partial charge < -0.3 is 15.1 Å². The Hall–Kier alpha value is -0.120. The van der Waals surface area contributed by atoms with Crippen LogP contribution in [0, 0.1) is 11.3 Å². The van der Waals surface area contributed by atoms with Crippen LogP contribution in [0.1, 0.15) is 45.4 Å². The normalized spacial score (nSPS) is 34.2. The second kappa shape index (κ2) is 5.94. The third kappa shape index (κ3) is 3.37. The van der Waals surface area contributed by atoms with Gasteiger partial charge >= 0.3 is 0 Å². The number of rotatable bonds is 6. The quantitative estimate of drug-likeness (QED) is 0.804. The fraction of sp³-hybridized carbons (Fsp3) is 1.00. The summed E-state index contributed by atoms with van der Waals surface area (Å²) in [5, 5.41) is 3.82. The first kappa shape index (κ1) is 14.8. The predicted molar refractivity (Wildman–Crippen MR) is 85.0 cm³/mol. The van der Waals surface area contributed by atoms with Crippen molar-refractivity contribution in [1.29, 1.82) is 0 Å². The Kier molecular flexibility index (Phi) is 4.40. The smallest absolute Gasteiger partial charge is 0.0254 e. The lowest BCUT2D eigenvalue weighted by Crippen LogP contribution is -2.43. The van der Waals surface area contributed by atoms with Crippen LogP contribution >= 0.6 is 0 Å². The van der Waals surface area contributed by atoms with Crippen LogP contribution < -0.4 is 5.32 Å². The standard InChI is InChI=1S/C17H33N3/c1-14-10-20(11-16(14)19(2)3)13-17(8-4-5-9-17)12-18-15-6-7-15/h14-16,18H,4-13H2,1-3H3. The fourth-order valence-corrected chi connectivity index (χ4v) is 4.49. The molecular weight excluding hydrogens is 246 g/mol. The van der Waals surface area contributed by atoms with Gasteiger partial charge in [-0.25, -0.2) is 0 Å². The van der Waals surface area contributed by atoms with E-state index in [0.717, 1.165) is 18.0 Å². The maximum atomic E-state index is 3.82. The molecule has 1 aliphatic heterocycles. The van der Waals surface area contributed by atoms with Crippen LogP contribution in [0.5, 0.6) is 0 Å². The van der Waals surface area contributed by atoms with E-state index in [-0.39, 0.29) is 0 Å². The van der Waals surface area contributed by atoms with Crippen LogP contribution in [0.3, 0.4) is 0 Å². The van der Waals surface area contributed by atoms with Crippen molar-refractivity contribution in [2.75, 3.05) is 40.3 Å². The molecule has 3 heteroatoms. The summed E-state index contributed by atoms with van der Waals surface area (Å²) in [6, 6.07) is 1.62. The topological polar surface area (TPSA) is 18.5 Å². The zero-order chi connectivity index (χ0) is 14.2. The van der Waals surface area contributed by atoms with Gasteiger partial charge in [-0.3, -0.25) is 0 Å². The largest absolute Gasteiger partial charge is 0.313 e. The van der Waals surface area contributed by atoms with Gasteiger partial charge in [-0.05, 0) is 51.1 Å². The van der Waals surface area contributed by atoms with Gasteiger partial charge in [0.1, 0.15) is 0 Å². The van der Waals surface area contributed by atoms with E-state index < -0.39 is 0 Å². The maximum absolute atomic E-state index is 3.82. The second-order valence-electron chi connectivity index (χ2n) is 8.06. The lowest BCUT2D eigenvalue weighted by molar-refractivity contribution is 0.162. The van der Waals surface area contributed by atoms with E-state index in [4.69, 9.17) is 0 Å². The summed E-state index contributed by atoms with van der Waals surface area (Å²) in [7, 11) is 4.48. The molecule has 3 nitrogen and oxygen atoms in total. The average Bonchev–Trinajstić information content (AvgIpc) is 3.01. The zero-order valence-corrected chi connectivity index (χ0v) is 13.7. The highest BCUT2D eigenvalue weighted by atomic mass is 15.2. The zero-order valence-electron chi connectivity index (χ0n) is 13.7. The Labute approximate surface area is 125 Å². The molecule has 0 bridgehead atoms. The molecule has 3 rings (SSSR count). The first-order valence-corrected chi connectivity index (χ1v) is 8.70. The Balaban J connectivity index is 1.56. The van der Waals surface area contributed by atoms with Gasteiger partial charge in [0, 0.05) is 38.3 Å². The van der Waals surface area contributed by atoms with Crippen LogP contribution in [0.2, 0.25) is 0 Å². The molecule has 0 aromatic rings. The summed E-state index contributed by atoms with van der Waals surface area (Å²) in [5.74, 6) is 0.819. The highest BCUT2D eigenvalue weighted by Gasteiger charge is 2.40. The van der Waals surface area contributed by atoms with Gasteiger partial charge in [0.2, 0.25) is 0 Å². The van der Waals surface area contributed by atoms with E-state index in [1.165, 1.54) is 64.7 Å². The number of nitrogens with zero attached hydrogens (tertiary/aromatic N) is 2. The van der Waals surface area contributed by atoms with Crippen molar-refractivity contribution in [3.63, 3.8) is 0 Å².